The summed E-state index contributed by atoms with van der Waals surface area (Å²) in [4.78, 5) is 12.3. The second-order valence-electron chi connectivity index (χ2n) is 7.21. The van der Waals surface area contributed by atoms with Crippen molar-refractivity contribution < 1.29 is 13.9 Å². The van der Waals surface area contributed by atoms with Crippen molar-refractivity contribution in [1.29, 1.82) is 0 Å². The number of nitrogens with one attached hydrogen (secondary N) is 1. The van der Waals surface area contributed by atoms with Gasteiger partial charge in [0.05, 0.1) is 19.2 Å². The molecule has 6 heteroatoms. The monoisotopic (exact) mass is 365 g/mol. The fraction of sp³-hybridized carbons (Fsp3) is 0.286. The topological polar surface area (TPSA) is 77.3 Å². The van der Waals surface area contributed by atoms with Gasteiger partial charge in [0.15, 0.2) is 0 Å². The summed E-state index contributed by atoms with van der Waals surface area (Å²) in [6.45, 7) is 6.56. The maximum absolute atomic E-state index is 12.3. The van der Waals surface area contributed by atoms with Crippen LogP contribution in [0.15, 0.2) is 52.9 Å². The van der Waals surface area contributed by atoms with Crippen molar-refractivity contribution in [1.82, 2.24) is 15.5 Å². The lowest BCUT2D eigenvalue weighted by Crippen LogP contribution is -2.23. The number of carbonyl (C=O) groups excluding carboxylic acids is 1. The number of methoxy groups -OCH3 is 1. The summed E-state index contributed by atoms with van der Waals surface area (Å²) >= 11 is 0. The summed E-state index contributed by atoms with van der Waals surface area (Å²) in [7, 11) is 1.58. The Morgan fingerprint density at radius 2 is 1.78 bits per heavy atom. The molecular weight excluding hydrogens is 342 g/mol. The third-order valence-corrected chi connectivity index (χ3v) is 4.22. The average molecular weight is 365 g/mol. The molecule has 0 atom stereocenters. The Bertz CT molecular complexity index is 924. The van der Waals surface area contributed by atoms with Crippen molar-refractivity contribution in [2.24, 2.45) is 0 Å². The molecule has 27 heavy (non-hydrogen) atoms. The zero-order valence-corrected chi connectivity index (χ0v) is 15.9. The zero-order chi connectivity index (χ0) is 19.4. The molecule has 6 nitrogen and oxygen atoms in total. The van der Waals surface area contributed by atoms with E-state index in [1.54, 1.807) is 7.11 Å². The molecule has 0 fully saturated rings. The number of carbonyl (C=O) groups is 1. The number of hydrogen-bond donors (Lipinski definition) is 1. The normalized spacial score (nSPS) is 11.3. The van der Waals surface area contributed by atoms with E-state index in [0.717, 1.165) is 0 Å². The highest BCUT2D eigenvalue weighted by atomic mass is 16.5. The van der Waals surface area contributed by atoms with E-state index in [2.05, 4.69) is 36.3 Å². The highest BCUT2D eigenvalue weighted by Gasteiger charge is 2.16. The van der Waals surface area contributed by atoms with Crippen LogP contribution in [0.3, 0.4) is 0 Å². The van der Waals surface area contributed by atoms with Crippen LogP contribution in [0.2, 0.25) is 0 Å². The number of hydrogen-bond acceptors (Lipinski definition) is 5. The van der Waals surface area contributed by atoms with Crippen molar-refractivity contribution in [2.45, 2.75) is 32.7 Å². The molecule has 0 saturated carbocycles. The van der Waals surface area contributed by atoms with Gasteiger partial charge in [0.2, 0.25) is 5.89 Å². The maximum Gasteiger partial charge on any atom is 0.251 e. The molecule has 0 radical (unpaired) electrons. The molecule has 1 amide bonds. The second kappa shape index (κ2) is 7.61. The fourth-order valence-corrected chi connectivity index (χ4v) is 2.63. The van der Waals surface area contributed by atoms with Gasteiger partial charge in [0.25, 0.3) is 11.8 Å². The molecule has 1 heterocycles. The van der Waals surface area contributed by atoms with Crippen LogP contribution in [0.1, 0.15) is 42.6 Å². The third kappa shape index (κ3) is 4.34. The van der Waals surface area contributed by atoms with Crippen LogP contribution in [0.25, 0.3) is 11.5 Å². The molecule has 1 aromatic heterocycles. The van der Waals surface area contributed by atoms with E-state index in [-0.39, 0.29) is 17.9 Å². The van der Waals surface area contributed by atoms with E-state index in [1.807, 2.05) is 48.5 Å². The number of nitrogens with zero attached hydrogens (tertiary/aromatic N) is 2. The Morgan fingerprint density at radius 3 is 2.44 bits per heavy atom. The highest BCUT2D eigenvalue weighted by molar-refractivity contribution is 5.94. The van der Waals surface area contributed by atoms with Gasteiger partial charge < -0.3 is 14.5 Å². The minimum atomic E-state index is -0.187. The van der Waals surface area contributed by atoms with Crippen molar-refractivity contribution in [3.63, 3.8) is 0 Å². The van der Waals surface area contributed by atoms with E-state index in [9.17, 15) is 4.79 Å². The zero-order valence-electron chi connectivity index (χ0n) is 15.9. The first-order chi connectivity index (χ1) is 12.9. The quantitative estimate of drug-likeness (QED) is 0.740. The molecule has 3 aromatic rings. The summed E-state index contributed by atoms with van der Waals surface area (Å²) in [5.41, 5.74) is 2.53. The van der Waals surface area contributed by atoms with Gasteiger partial charge in [-0.3, -0.25) is 4.79 Å². The van der Waals surface area contributed by atoms with Gasteiger partial charge in [-0.25, -0.2) is 0 Å². The molecule has 0 bridgehead atoms. The van der Waals surface area contributed by atoms with Crippen LogP contribution in [0.4, 0.5) is 0 Å². The first-order valence-corrected chi connectivity index (χ1v) is 8.73. The Hall–Kier alpha value is -3.15. The van der Waals surface area contributed by atoms with Crippen LogP contribution in [-0.2, 0) is 12.0 Å². The average Bonchev–Trinajstić information content (AvgIpc) is 3.14. The first-order valence-electron chi connectivity index (χ1n) is 8.73. The third-order valence-electron chi connectivity index (χ3n) is 4.22. The van der Waals surface area contributed by atoms with E-state index in [0.29, 0.717) is 28.7 Å². The molecule has 0 spiro atoms. The lowest BCUT2D eigenvalue weighted by atomic mass is 9.87. The number of amides is 1. The molecule has 0 aliphatic carbocycles. The Kier molecular flexibility index (Phi) is 5.26. The van der Waals surface area contributed by atoms with Gasteiger partial charge in [0, 0.05) is 5.56 Å². The first kappa shape index (κ1) is 18.6. The standard InChI is InChI=1S/C21H23N3O3/c1-21(2,3)15-11-9-14(10-12-15)19(25)22-13-18-23-24-20(27-18)16-7-5-6-8-17(16)26-4/h5-12H,13H2,1-4H3,(H,22,25). The summed E-state index contributed by atoms with van der Waals surface area (Å²) in [6.07, 6.45) is 0. The van der Waals surface area contributed by atoms with E-state index in [1.165, 1.54) is 5.56 Å². The molecule has 0 unspecified atom stereocenters. The second-order valence-corrected chi connectivity index (χ2v) is 7.21. The predicted octanol–water partition coefficient (Wildman–Crippen LogP) is 3.97. The van der Waals surface area contributed by atoms with Gasteiger partial charge in [-0.05, 0) is 35.2 Å². The summed E-state index contributed by atoms with van der Waals surface area (Å²) in [5, 5.41) is 10.8. The van der Waals surface area contributed by atoms with Gasteiger partial charge in [0.1, 0.15) is 5.75 Å². The van der Waals surface area contributed by atoms with Crippen molar-refractivity contribution in [2.75, 3.05) is 7.11 Å². The minimum Gasteiger partial charge on any atom is -0.496 e. The summed E-state index contributed by atoms with van der Waals surface area (Å²) in [6, 6.07) is 15.0. The molecule has 0 aliphatic heterocycles. The number of rotatable bonds is 5. The Morgan fingerprint density at radius 1 is 1.07 bits per heavy atom. The summed E-state index contributed by atoms with van der Waals surface area (Å²) < 4.78 is 10.9. The SMILES string of the molecule is COc1ccccc1-c1nnc(CNC(=O)c2ccc(C(C)(C)C)cc2)o1. The Labute approximate surface area is 158 Å². The molecule has 2 aromatic carbocycles. The smallest absolute Gasteiger partial charge is 0.251 e. The van der Waals surface area contributed by atoms with Crippen LogP contribution in [0, 0.1) is 0 Å². The molecule has 3 rings (SSSR count). The minimum absolute atomic E-state index is 0.0493. The number of aromatic nitrogens is 2. The molecule has 0 aliphatic rings. The van der Waals surface area contributed by atoms with Crippen LogP contribution in [-0.4, -0.2) is 23.2 Å². The van der Waals surface area contributed by atoms with Crippen LogP contribution >= 0.6 is 0 Å². The molecule has 140 valence electrons. The molecule has 1 N–H and O–H groups in total. The van der Waals surface area contributed by atoms with Gasteiger partial charge >= 0.3 is 0 Å². The lowest BCUT2D eigenvalue weighted by Gasteiger charge is -2.18. The van der Waals surface area contributed by atoms with Crippen LogP contribution in [0.5, 0.6) is 5.75 Å². The van der Waals surface area contributed by atoms with Crippen molar-refractivity contribution >= 4 is 5.91 Å². The maximum atomic E-state index is 12.3. The number of benzene rings is 2. The Balaban J connectivity index is 1.65. The van der Waals surface area contributed by atoms with Crippen LogP contribution < -0.4 is 10.1 Å². The van der Waals surface area contributed by atoms with Gasteiger partial charge in [-0.15, -0.1) is 10.2 Å². The van der Waals surface area contributed by atoms with Crippen molar-refractivity contribution in [3.05, 3.63) is 65.5 Å². The van der Waals surface area contributed by atoms with Gasteiger partial charge in [-0.2, -0.15) is 0 Å². The molecular formula is C21H23N3O3. The molecule has 0 saturated heterocycles. The highest BCUT2D eigenvalue weighted by Crippen LogP contribution is 2.28. The van der Waals surface area contributed by atoms with E-state index < -0.39 is 0 Å². The number of ether oxygens (including phenoxy) is 1. The van der Waals surface area contributed by atoms with Crippen molar-refractivity contribution in [3.8, 4) is 17.2 Å². The van der Waals surface area contributed by atoms with E-state index >= 15 is 0 Å². The lowest BCUT2D eigenvalue weighted by molar-refractivity contribution is 0.0947. The van der Waals surface area contributed by atoms with Gasteiger partial charge in [-0.1, -0.05) is 45.0 Å². The van der Waals surface area contributed by atoms with E-state index in [4.69, 9.17) is 9.15 Å². The predicted molar refractivity (Wildman–Crippen MR) is 103 cm³/mol. The summed E-state index contributed by atoms with van der Waals surface area (Å²) in [5.74, 6) is 1.14. The fourth-order valence-electron chi connectivity index (χ4n) is 2.63. The number of para-hydroxylation sites is 1. The largest absolute Gasteiger partial charge is 0.496 e.